The Hall–Kier alpha value is -0.410. The van der Waals surface area contributed by atoms with Gasteiger partial charge in [0.05, 0.1) is 6.10 Å². The van der Waals surface area contributed by atoms with Crippen molar-refractivity contribution in [1.82, 2.24) is 0 Å². The number of aliphatic hydroxyl groups is 2. The smallest absolute Gasteiger partial charge is 0.136 e. The van der Waals surface area contributed by atoms with Crippen LogP contribution in [0.1, 0.15) is 78.6 Å². The summed E-state index contributed by atoms with van der Waals surface area (Å²) in [5.41, 5.74) is 0.538. The summed E-state index contributed by atoms with van der Waals surface area (Å²) in [5.74, 6) is 3.46. The normalized spacial score (nSPS) is 52.1. The first kappa shape index (κ1) is 18.9. The SMILES string of the molecule is C[C@H](CCO)[C@H]1CCC2C3C(=O)CC4C[C@H](O)CC[C@]4(C)C3CC[C@@]21C. The second-order valence-electron chi connectivity index (χ2n) is 10.8. The van der Waals surface area contributed by atoms with Crippen LogP contribution in [0, 0.1) is 46.3 Å². The van der Waals surface area contributed by atoms with Crippen molar-refractivity contribution in [2.45, 2.75) is 84.7 Å². The minimum Gasteiger partial charge on any atom is -0.396 e. The van der Waals surface area contributed by atoms with E-state index < -0.39 is 0 Å². The highest BCUT2D eigenvalue weighted by molar-refractivity contribution is 5.83. The Morgan fingerprint density at radius 3 is 2.50 bits per heavy atom. The molecule has 3 nitrogen and oxygen atoms in total. The number of rotatable bonds is 3. The van der Waals surface area contributed by atoms with E-state index in [-0.39, 0.29) is 29.5 Å². The van der Waals surface area contributed by atoms with Crippen molar-refractivity contribution in [3.63, 3.8) is 0 Å². The maximum atomic E-state index is 13.3. The number of carbonyl (C=O) groups excluding carboxylic acids is 1. The van der Waals surface area contributed by atoms with Gasteiger partial charge in [-0.2, -0.15) is 0 Å². The maximum Gasteiger partial charge on any atom is 0.136 e. The quantitative estimate of drug-likeness (QED) is 0.791. The number of hydrogen-bond donors (Lipinski definition) is 2. The lowest BCUT2D eigenvalue weighted by molar-refractivity contribution is -0.160. The molecule has 0 aromatic heterocycles. The molecule has 0 aromatic rings. The van der Waals surface area contributed by atoms with Crippen molar-refractivity contribution in [2.24, 2.45) is 46.3 Å². The molecule has 9 atom stereocenters. The van der Waals surface area contributed by atoms with E-state index in [1.54, 1.807) is 0 Å². The Balaban J connectivity index is 1.62. The largest absolute Gasteiger partial charge is 0.396 e. The number of hydrogen-bond acceptors (Lipinski definition) is 3. The van der Waals surface area contributed by atoms with Gasteiger partial charge in [0.2, 0.25) is 0 Å². The van der Waals surface area contributed by atoms with Crippen LogP contribution in [0.4, 0.5) is 0 Å². The average molecular weight is 363 g/mol. The van der Waals surface area contributed by atoms with E-state index in [0.29, 0.717) is 41.8 Å². The highest BCUT2D eigenvalue weighted by atomic mass is 16.3. The number of fused-ring (bicyclic) bond motifs is 5. The fourth-order valence-corrected chi connectivity index (χ4v) is 8.29. The van der Waals surface area contributed by atoms with E-state index in [2.05, 4.69) is 20.8 Å². The van der Waals surface area contributed by atoms with Crippen molar-refractivity contribution in [3.8, 4) is 0 Å². The van der Waals surface area contributed by atoms with Crippen molar-refractivity contribution in [1.29, 1.82) is 0 Å². The van der Waals surface area contributed by atoms with Gasteiger partial charge in [-0.1, -0.05) is 20.8 Å². The number of ketones is 1. The van der Waals surface area contributed by atoms with E-state index in [9.17, 15) is 15.0 Å². The zero-order chi connectivity index (χ0) is 18.7. The predicted octanol–water partition coefficient (Wildman–Crippen LogP) is 4.20. The minimum atomic E-state index is -0.193. The number of carbonyl (C=O) groups is 1. The molecule has 4 saturated carbocycles. The fraction of sp³-hybridized carbons (Fsp3) is 0.957. The van der Waals surface area contributed by atoms with Gasteiger partial charge in [0.25, 0.3) is 0 Å². The summed E-state index contributed by atoms with van der Waals surface area (Å²) in [6.07, 6.45) is 9.14. The topological polar surface area (TPSA) is 57.5 Å². The van der Waals surface area contributed by atoms with Crippen molar-refractivity contribution >= 4 is 5.78 Å². The van der Waals surface area contributed by atoms with Crippen LogP contribution in [0.3, 0.4) is 0 Å². The predicted molar refractivity (Wildman–Crippen MR) is 102 cm³/mol. The van der Waals surface area contributed by atoms with Crippen LogP contribution in [0.25, 0.3) is 0 Å². The van der Waals surface area contributed by atoms with Crippen LogP contribution in [-0.2, 0) is 4.79 Å². The summed E-state index contributed by atoms with van der Waals surface area (Å²) in [6.45, 7) is 7.50. The minimum absolute atomic E-state index is 0.193. The summed E-state index contributed by atoms with van der Waals surface area (Å²) in [7, 11) is 0. The van der Waals surface area contributed by atoms with Gasteiger partial charge in [0.15, 0.2) is 0 Å². The zero-order valence-corrected chi connectivity index (χ0v) is 16.9. The lowest BCUT2D eigenvalue weighted by Crippen LogP contribution is -2.57. The first-order valence-corrected chi connectivity index (χ1v) is 11.1. The molecule has 4 unspecified atom stereocenters. The first-order valence-electron chi connectivity index (χ1n) is 11.1. The number of Topliss-reactive ketones (excluding diaryl/α,β-unsaturated/α-hetero) is 1. The molecule has 0 saturated heterocycles. The van der Waals surface area contributed by atoms with Gasteiger partial charge in [-0.25, -0.2) is 0 Å². The maximum absolute atomic E-state index is 13.3. The summed E-state index contributed by atoms with van der Waals surface area (Å²) in [4.78, 5) is 13.3. The number of aliphatic hydroxyl groups excluding tert-OH is 2. The molecule has 26 heavy (non-hydrogen) atoms. The van der Waals surface area contributed by atoms with Crippen LogP contribution >= 0.6 is 0 Å². The molecule has 0 aliphatic heterocycles. The van der Waals surface area contributed by atoms with Gasteiger partial charge in [0, 0.05) is 18.9 Å². The van der Waals surface area contributed by atoms with E-state index >= 15 is 0 Å². The van der Waals surface area contributed by atoms with Gasteiger partial charge in [0.1, 0.15) is 5.78 Å². The third kappa shape index (κ3) is 2.64. The van der Waals surface area contributed by atoms with Gasteiger partial charge in [-0.3, -0.25) is 4.79 Å². The second-order valence-corrected chi connectivity index (χ2v) is 10.8. The molecule has 4 rings (SSSR count). The van der Waals surface area contributed by atoms with Crippen molar-refractivity contribution < 1.29 is 15.0 Å². The molecule has 0 spiro atoms. The summed E-state index contributed by atoms with van der Waals surface area (Å²) >= 11 is 0. The van der Waals surface area contributed by atoms with Crippen LogP contribution in [0.2, 0.25) is 0 Å². The van der Waals surface area contributed by atoms with Crippen LogP contribution in [0.5, 0.6) is 0 Å². The zero-order valence-electron chi connectivity index (χ0n) is 16.9. The molecule has 0 amide bonds. The molecular formula is C23H38O3. The van der Waals surface area contributed by atoms with Crippen LogP contribution in [-0.4, -0.2) is 28.7 Å². The third-order valence-corrected chi connectivity index (χ3v) is 9.79. The van der Waals surface area contributed by atoms with Gasteiger partial charge < -0.3 is 10.2 Å². The monoisotopic (exact) mass is 362 g/mol. The summed E-state index contributed by atoms with van der Waals surface area (Å²) in [5, 5.41) is 19.6. The van der Waals surface area contributed by atoms with Crippen molar-refractivity contribution in [2.75, 3.05) is 6.61 Å². The molecule has 2 N–H and O–H groups in total. The van der Waals surface area contributed by atoms with Crippen molar-refractivity contribution in [3.05, 3.63) is 0 Å². The van der Waals surface area contributed by atoms with Gasteiger partial charge >= 0.3 is 0 Å². The standard InChI is InChI=1S/C23H38O3/c1-14(8-11-24)17-4-5-18-21-19(7-10-23(17,18)3)22(2)9-6-16(25)12-15(22)13-20(21)26/h14-19,21,24-25H,4-13H2,1-3H3/t14-,15?,16-,17-,18?,19?,21?,22+,23-/m1/s1. The average Bonchev–Trinajstić information content (AvgIpc) is 2.94. The molecule has 4 fully saturated rings. The summed E-state index contributed by atoms with van der Waals surface area (Å²) in [6, 6.07) is 0. The van der Waals surface area contributed by atoms with Crippen LogP contribution in [0.15, 0.2) is 0 Å². The molecule has 148 valence electrons. The highest BCUT2D eigenvalue weighted by Gasteiger charge is 2.62. The molecule has 0 heterocycles. The molecule has 3 heteroatoms. The Kier molecular flexibility index (Phi) is 4.79. The molecule has 0 radical (unpaired) electrons. The molecule has 0 aromatic carbocycles. The van der Waals surface area contributed by atoms with Gasteiger partial charge in [-0.05, 0) is 91.8 Å². The van der Waals surface area contributed by atoms with E-state index in [1.807, 2.05) is 0 Å². The Bertz CT molecular complexity index is 560. The molecule has 4 aliphatic rings. The molecule has 4 aliphatic carbocycles. The second kappa shape index (κ2) is 6.58. The first-order chi connectivity index (χ1) is 12.3. The Morgan fingerprint density at radius 1 is 1.08 bits per heavy atom. The highest BCUT2D eigenvalue weighted by Crippen LogP contribution is 2.67. The summed E-state index contributed by atoms with van der Waals surface area (Å²) < 4.78 is 0. The third-order valence-electron chi connectivity index (χ3n) is 9.79. The van der Waals surface area contributed by atoms with Crippen LogP contribution < -0.4 is 0 Å². The Morgan fingerprint density at radius 2 is 1.77 bits per heavy atom. The molecular weight excluding hydrogens is 324 g/mol. The Labute approximate surface area is 158 Å². The lowest BCUT2D eigenvalue weighted by atomic mass is 9.44. The van der Waals surface area contributed by atoms with E-state index in [4.69, 9.17) is 0 Å². The fourth-order valence-electron chi connectivity index (χ4n) is 8.29. The van der Waals surface area contributed by atoms with E-state index in [1.165, 1.54) is 25.7 Å². The lowest BCUT2D eigenvalue weighted by Gasteiger charge is -2.60. The van der Waals surface area contributed by atoms with Gasteiger partial charge in [-0.15, -0.1) is 0 Å². The molecule has 0 bridgehead atoms. The van der Waals surface area contributed by atoms with E-state index in [0.717, 1.165) is 25.7 Å².